The molecule has 0 N–H and O–H groups in total. The first kappa shape index (κ1) is 9.91. The Labute approximate surface area is 86.7 Å². The summed E-state index contributed by atoms with van der Waals surface area (Å²) in [5.74, 6) is 0. The van der Waals surface area contributed by atoms with Crippen molar-refractivity contribution in [1.29, 1.82) is 0 Å². The molecule has 0 radical (unpaired) electrons. The van der Waals surface area contributed by atoms with Crippen molar-refractivity contribution in [2.75, 3.05) is 0 Å². The lowest BCUT2D eigenvalue weighted by Gasteiger charge is -1.93. The van der Waals surface area contributed by atoms with Gasteiger partial charge >= 0.3 is 0 Å². The van der Waals surface area contributed by atoms with Crippen molar-refractivity contribution in [1.82, 2.24) is 0 Å². The average molecular weight is 222 g/mol. The smallest absolute Gasteiger partial charge is 0.101 e. The summed E-state index contributed by atoms with van der Waals surface area (Å²) in [5.41, 5.74) is 1.03. The van der Waals surface area contributed by atoms with Crippen LogP contribution in [0.25, 0.3) is 6.08 Å². The van der Waals surface area contributed by atoms with E-state index >= 15 is 0 Å². The molecule has 0 bridgehead atoms. The Morgan fingerprint density at radius 2 is 1.67 bits per heavy atom. The van der Waals surface area contributed by atoms with Crippen molar-refractivity contribution < 1.29 is 0 Å². The van der Waals surface area contributed by atoms with Gasteiger partial charge < -0.3 is 0 Å². The van der Waals surface area contributed by atoms with Crippen LogP contribution in [-0.4, -0.2) is 4.84 Å². The summed E-state index contributed by atoms with van der Waals surface area (Å²) in [4.78, 5) is -0.458. The zero-order valence-corrected chi connectivity index (χ0v) is 8.44. The lowest BCUT2D eigenvalue weighted by molar-refractivity contribution is 1.60. The standard InChI is InChI=1S/C9H7Cl3/c10-8-4-1-7(2-5-8)3-6-9(11)12/h1-6,9H. The highest BCUT2D eigenvalue weighted by Gasteiger charge is 1.90. The molecule has 0 aliphatic carbocycles. The molecule has 0 aliphatic heterocycles. The maximum Gasteiger partial charge on any atom is 0.126 e. The topological polar surface area (TPSA) is 0 Å². The van der Waals surface area contributed by atoms with Gasteiger partial charge in [-0.15, -0.1) is 23.2 Å². The van der Waals surface area contributed by atoms with Gasteiger partial charge in [0.15, 0.2) is 0 Å². The van der Waals surface area contributed by atoms with E-state index in [1.807, 2.05) is 30.3 Å². The van der Waals surface area contributed by atoms with Gasteiger partial charge in [0.2, 0.25) is 0 Å². The highest BCUT2D eigenvalue weighted by Crippen LogP contribution is 2.12. The number of halogens is 3. The minimum atomic E-state index is -0.458. The highest BCUT2D eigenvalue weighted by atomic mass is 35.5. The van der Waals surface area contributed by atoms with Crippen LogP contribution in [0, 0.1) is 0 Å². The molecule has 0 heterocycles. The molecule has 0 fully saturated rings. The Kier molecular flexibility index (Phi) is 3.93. The van der Waals surface area contributed by atoms with Crippen molar-refractivity contribution in [3.05, 3.63) is 40.9 Å². The largest absolute Gasteiger partial charge is 0.126 e. The Morgan fingerprint density at radius 3 is 2.17 bits per heavy atom. The molecule has 0 nitrogen and oxygen atoms in total. The van der Waals surface area contributed by atoms with Crippen LogP contribution in [0.5, 0.6) is 0 Å². The van der Waals surface area contributed by atoms with Crippen molar-refractivity contribution in [2.24, 2.45) is 0 Å². The Bertz CT molecular complexity index is 262. The summed E-state index contributed by atoms with van der Waals surface area (Å²) in [6.07, 6.45) is 3.55. The maximum absolute atomic E-state index is 5.70. The van der Waals surface area contributed by atoms with Crippen molar-refractivity contribution in [3.63, 3.8) is 0 Å². The molecule has 0 unspecified atom stereocenters. The summed E-state index contributed by atoms with van der Waals surface area (Å²) in [6.45, 7) is 0. The normalized spacial score (nSPS) is 11.3. The van der Waals surface area contributed by atoms with Crippen LogP contribution in [-0.2, 0) is 0 Å². The first-order chi connectivity index (χ1) is 5.68. The molecule has 0 aliphatic rings. The monoisotopic (exact) mass is 220 g/mol. The fourth-order valence-electron chi connectivity index (χ4n) is 0.758. The zero-order chi connectivity index (χ0) is 8.97. The molecule has 0 amide bonds. The average Bonchev–Trinajstić information content (AvgIpc) is 2.03. The van der Waals surface area contributed by atoms with E-state index in [1.165, 1.54) is 0 Å². The van der Waals surface area contributed by atoms with Crippen LogP contribution in [0.2, 0.25) is 5.02 Å². The van der Waals surface area contributed by atoms with Crippen LogP contribution >= 0.6 is 34.8 Å². The predicted octanol–water partition coefficient (Wildman–Crippen LogP) is 4.16. The lowest BCUT2D eigenvalue weighted by Crippen LogP contribution is -1.76. The van der Waals surface area contributed by atoms with Crippen LogP contribution in [0.3, 0.4) is 0 Å². The second-order valence-electron chi connectivity index (χ2n) is 2.25. The summed E-state index contributed by atoms with van der Waals surface area (Å²) < 4.78 is 0. The molecule has 0 atom stereocenters. The van der Waals surface area contributed by atoms with Crippen LogP contribution < -0.4 is 0 Å². The molecule has 1 aromatic rings. The fraction of sp³-hybridized carbons (Fsp3) is 0.111. The molecular formula is C9H7Cl3. The van der Waals surface area contributed by atoms with Gasteiger partial charge in [-0.05, 0) is 17.7 Å². The number of benzene rings is 1. The third-order valence-electron chi connectivity index (χ3n) is 1.30. The van der Waals surface area contributed by atoms with E-state index in [2.05, 4.69) is 0 Å². The second-order valence-corrected chi connectivity index (χ2v) is 3.85. The molecular weight excluding hydrogens is 214 g/mol. The predicted molar refractivity (Wildman–Crippen MR) is 56.0 cm³/mol. The maximum atomic E-state index is 5.70. The number of alkyl halides is 2. The SMILES string of the molecule is Clc1ccc(C=CC(Cl)Cl)cc1. The van der Waals surface area contributed by atoms with E-state index in [9.17, 15) is 0 Å². The molecule has 0 aromatic heterocycles. The molecule has 0 saturated heterocycles. The van der Waals surface area contributed by atoms with Gasteiger partial charge in [-0.3, -0.25) is 0 Å². The van der Waals surface area contributed by atoms with Gasteiger partial charge in [-0.25, -0.2) is 0 Å². The number of allylic oxidation sites excluding steroid dienone is 1. The van der Waals surface area contributed by atoms with Gasteiger partial charge in [0.05, 0.1) is 0 Å². The Balaban J connectivity index is 2.71. The summed E-state index contributed by atoms with van der Waals surface area (Å²) in [7, 11) is 0. The van der Waals surface area contributed by atoms with Gasteiger partial charge in [0, 0.05) is 5.02 Å². The van der Waals surface area contributed by atoms with Crippen molar-refractivity contribution in [2.45, 2.75) is 4.84 Å². The van der Waals surface area contributed by atoms with E-state index in [1.54, 1.807) is 6.08 Å². The molecule has 1 rings (SSSR count). The molecule has 1 aromatic carbocycles. The van der Waals surface area contributed by atoms with Crippen LogP contribution in [0.1, 0.15) is 5.56 Å². The van der Waals surface area contributed by atoms with Gasteiger partial charge in [0.1, 0.15) is 4.84 Å². The quantitative estimate of drug-likeness (QED) is 0.658. The first-order valence-corrected chi connectivity index (χ1v) is 4.65. The minimum Gasteiger partial charge on any atom is -0.101 e. The number of hydrogen-bond acceptors (Lipinski definition) is 0. The lowest BCUT2D eigenvalue weighted by atomic mass is 10.2. The summed E-state index contributed by atoms with van der Waals surface area (Å²) in [5, 5.41) is 0.723. The van der Waals surface area contributed by atoms with Crippen molar-refractivity contribution >= 4 is 40.9 Å². The Hall–Kier alpha value is -0.170. The molecule has 0 saturated carbocycles. The highest BCUT2D eigenvalue weighted by molar-refractivity contribution is 6.45. The van der Waals surface area contributed by atoms with Gasteiger partial charge in [0.25, 0.3) is 0 Å². The summed E-state index contributed by atoms with van der Waals surface area (Å²) in [6, 6.07) is 7.43. The number of rotatable bonds is 2. The first-order valence-electron chi connectivity index (χ1n) is 3.40. The van der Waals surface area contributed by atoms with Crippen LogP contribution in [0.15, 0.2) is 30.3 Å². The Morgan fingerprint density at radius 1 is 1.08 bits per heavy atom. The molecule has 12 heavy (non-hydrogen) atoms. The van der Waals surface area contributed by atoms with E-state index in [-0.39, 0.29) is 0 Å². The zero-order valence-electron chi connectivity index (χ0n) is 6.18. The molecule has 0 spiro atoms. The summed E-state index contributed by atoms with van der Waals surface area (Å²) >= 11 is 16.7. The third kappa shape index (κ3) is 3.48. The molecule has 3 heteroatoms. The fourth-order valence-corrected chi connectivity index (χ4v) is 1.03. The van der Waals surface area contributed by atoms with Crippen molar-refractivity contribution in [3.8, 4) is 0 Å². The minimum absolute atomic E-state index is 0.458. The van der Waals surface area contributed by atoms with Crippen LogP contribution in [0.4, 0.5) is 0 Å². The van der Waals surface area contributed by atoms with Gasteiger partial charge in [-0.1, -0.05) is 35.9 Å². The molecule has 64 valence electrons. The van der Waals surface area contributed by atoms with E-state index in [4.69, 9.17) is 34.8 Å². The third-order valence-corrected chi connectivity index (χ3v) is 1.85. The van der Waals surface area contributed by atoms with E-state index in [0.29, 0.717) is 0 Å². The van der Waals surface area contributed by atoms with E-state index < -0.39 is 4.84 Å². The number of hydrogen-bond donors (Lipinski definition) is 0. The second kappa shape index (κ2) is 4.76. The van der Waals surface area contributed by atoms with Gasteiger partial charge in [-0.2, -0.15) is 0 Å². The van der Waals surface area contributed by atoms with E-state index in [0.717, 1.165) is 10.6 Å².